The number of hydrogen-bond acceptors (Lipinski definition) is 3. The van der Waals surface area contributed by atoms with E-state index in [1.807, 2.05) is 0 Å². The molecule has 0 aromatic rings. The van der Waals surface area contributed by atoms with Crippen LogP contribution >= 0.6 is 0 Å². The lowest BCUT2D eigenvalue weighted by molar-refractivity contribution is -0.0765. The molecule has 120 valence electrons. The Bertz CT molecular complexity index is 382. The first-order valence-electron chi connectivity index (χ1n) is 8.83. The smallest absolute Gasteiger partial charge is 0.131 e. The number of piperidine rings is 1. The molecule has 0 aromatic heterocycles. The molecular formula is C18H32N2O. The van der Waals surface area contributed by atoms with Gasteiger partial charge in [0.15, 0.2) is 0 Å². The molecule has 21 heavy (non-hydrogen) atoms. The fraction of sp³-hybridized carbons (Fsp3) is 0.889. The average Bonchev–Trinajstić information content (AvgIpc) is 2.52. The Morgan fingerprint density at radius 3 is 2.57 bits per heavy atom. The number of fused-ring (bicyclic) bond motifs is 1. The van der Waals surface area contributed by atoms with Gasteiger partial charge in [0.1, 0.15) is 5.60 Å². The van der Waals surface area contributed by atoms with Crippen molar-refractivity contribution in [1.82, 2.24) is 9.80 Å². The van der Waals surface area contributed by atoms with Crippen molar-refractivity contribution >= 4 is 0 Å². The summed E-state index contributed by atoms with van der Waals surface area (Å²) in [6.07, 6.45) is 5.74. The minimum absolute atomic E-state index is 0.351. The molecule has 0 unspecified atom stereocenters. The van der Waals surface area contributed by atoms with Gasteiger partial charge in [-0.1, -0.05) is 45.5 Å². The molecule has 3 nitrogen and oxygen atoms in total. The van der Waals surface area contributed by atoms with Crippen LogP contribution in [0.4, 0.5) is 0 Å². The van der Waals surface area contributed by atoms with Crippen molar-refractivity contribution in [3.8, 4) is 11.8 Å². The molecule has 2 fully saturated rings. The summed E-state index contributed by atoms with van der Waals surface area (Å²) in [5, 5.41) is 11.1. The number of rotatable bonds is 4. The zero-order chi connectivity index (χ0) is 15.3. The topological polar surface area (TPSA) is 26.7 Å². The van der Waals surface area contributed by atoms with E-state index in [4.69, 9.17) is 0 Å². The van der Waals surface area contributed by atoms with Crippen LogP contribution < -0.4 is 0 Å². The van der Waals surface area contributed by atoms with Crippen LogP contribution in [0.3, 0.4) is 0 Å². The molecule has 1 saturated carbocycles. The van der Waals surface area contributed by atoms with Crippen molar-refractivity contribution < 1.29 is 5.11 Å². The Morgan fingerprint density at radius 2 is 1.90 bits per heavy atom. The standard InChI is InChI=1S/C18H32N2O/c1-4-19(5-2)14-9-12-18(21)13-15-20(6-3)17-11-8-7-10-16(17)18/h16-17,21H,4-8,10-11,13-15H2,1-3H3/t16-,17-,18+/m0/s1. The maximum atomic E-state index is 11.1. The highest BCUT2D eigenvalue weighted by molar-refractivity contribution is 5.20. The zero-order valence-corrected chi connectivity index (χ0v) is 14.1. The van der Waals surface area contributed by atoms with E-state index in [0.717, 1.165) is 45.6 Å². The van der Waals surface area contributed by atoms with Crippen LogP contribution in [-0.2, 0) is 0 Å². The first kappa shape index (κ1) is 16.8. The molecule has 1 saturated heterocycles. The van der Waals surface area contributed by atoms with Gasteiger partial charge in [-0.2, -0.15) is 0 Å². The quantitative estimate of drug-likeness (QED) is 0.806. The van der Waals surface area contributed by atoms with Crippen molar-refractivity contribution in [2.45, 2.75) is 64.5 Å². The number of aliphatic hydroxyl groups is 1. The number of likely N-dealkylation sites (tertiary alicyclic amines) is 1. The first-order valence-corrected chi connectivity index (χ1v) is 8.83. The fourth-order valence-corrected chi connectivity index (χ4v) is 4.07. The molecule has 3 heteroatoms. The lowest BCUT2D eigenvalue weighted by Crippen LogP contribution is -2.58. The van der Waals surface area contributed by atoms with Crippen LogP contribution in [0, 0.1) is 17.8 Å². The summed E-state index contributed by atoms with van der Waals surface area (Å²) in [6.45, 7) is 11.5. The monoisotopic (exact) mass is 292 g/mol. The van der Waals surface area contributed by atoms with Crippen LogP contribution in [0.1, 0.15) is 52.9 Å². The Kier molecular flexibility index (Phi) is 6.10. The van der Waals surface area contributed by atoms with E-state index in [2.05, 4.69) is 42.4 Å². The summed E-state index contributed by atoms with van der Waals surface area (Å²) < 4.78 is 0. The fourth-order valence-electron chi connectivity index (χ4n) is 4.07. The predicted molar refractivity (Wildman–Crippen MR) is 88.1 cm³/mol. The van der Waals surface area contributed by atoms with Crippen LogP contribution in [0.15, 0.2) is 0 Å². The van der Waals surface area contributed by atoms with Crippen LogP contribution in [0.2, 0.25) is 0 Å². The zero-order valence-electron chi connectivity index (χ0n) is 14.1. The van der Waals surface area contributed by atoms with Crippen molar-refractivity contribution in [3.63, 3.8) is 0 Å². The Morgan fingerprint density at radius 1 is 1.19 bits per heavy atom. The summed E-state index contributed by atoms with van der Waals surface area (Å²) >= 11 is 0. The van der Waals surface area contributed by atoms with Crippen LogP contribution in [-0.4, -0.2) is 59.3 Å². The SMILES string of the molecule is CCN(CC)CC#C[C@@]1(O)CCN(CC)[C@H]2CCCC[C@@H]21. The third-order valence-corrected chi connectivity index (χ3v) is 5.50. The average molecular weight is 292 g/mol. The van der Waals surface area contributed by atoms with Crippen LogP contribution in [0.25, 0.3) is 0 Å². The molecule has 3 atom stereocenters. The number of nitrogens with zero attached hydrogens (tertiary/aromatic N) is 2. The highest BCUT2D eigenvalue weighted by Gasteiger charge is 2.46. The van der Waals surface area contributed by atoms with Gasteiger partial charge in [-0.3, -0.25) is 4.90 Å². The van der Waals surface area contributed by atoms with Crippen molar-refractivity contribution in [2.24, 2.45) is 5.92 Å². The van der Waals surface area contributed by atoms with E-state index < -0.39 is 5.60 Å². The number of hydrogen-bond donors (Lipinski definition) is 1. The second-order valence-corrected chi connectivity index (χ2v) is 6.52. The van der Waals surface area contributed by atoms with Gasteiger partial charge in [-0.15, -0.1) is 0 Å². The lowest BCUT2D eigenvalue weighted by atomic mass is 9.69. The normalized spacial score (nSPS) is 33.4. The molecule has 0 bridgehead atoms. The second-order valence-electron chi connectivity index (χ2n) is 6.52. The van der Waals surface area contributed by atoms with Gasteiger partial charge in [-0.25, -0.2) is 0 Å². The predicted octanol–water partition coefficient (Wildman–Crippen LogP) is 2.35. The van der Waals surface area contributed by atoms with Gasteiger partial charge in [0, 0.05) is 24.9 Å². The van der Waals surface area contributed by atoms with Gasteiger partial charge in [0.05, 0.1) is 6.54 Å². The van der Waals surface area contributed by atoms with Gasteiger partial charge >= 0.3 is 0 Å². The Labute approximate surface area is 130 Å². The Balaban J connectivity index is 2.08. The van der Waals surface area contributed by atoms with Gasteiger partial charge in [0.2, 0.25) is 0 Å². The molecule has 2 aliphatic rings. The molecule has 2 rings (SSSR count). The first-order chi connectivity index (χ1) is 10.1. The summed E-state index contributed by atoms with van der Waals surface area (Å²) in [5.41, 5.74) is -0.746. The maximum Gasteiger partial charge on any atom is 0.131 e. The van der Waals surface area contributed by atoms with Crippen molar-refractivity contribution in [2.75, 3.05) is 32.7 Å². The molecule has 0 amide bonds. The van der Waals surface area contributed by atoms with Crippen molar-refractivity contribution in [1.29, 1.82) is 0 Å². The minimum Gasteiger partial charge on any atom is -0.377 e. The summed E-state index contributed by atoms with van der Waals surface area (Å²) in [5.74, 6) is 6.90. The molecule has 1 aliphatic carbocycles. The van der Waals surface area contributed by atoms with Crippen molar-refractivity contribution in [3.05, 3.63) is 0 Å². The van der Waals surface area contributed by atoms with Gasteiger partial charge < -0.3 is 10.0 Å². The van der Waals surface area contributed by atoms with E-state index in [-0.39, 0.29) is 0 Å². The van der Waals surface area contributed by atoms with E-state index in [1.165, 1.54) is 19.3 Å². The minimum atomic E-state index is -0.746. The summed E-state index contributed by atoms with van der Waals surface area (Å²) in [7, 11) is 0. The molecule has 0 aromatic carbocycles. The third-order valence-electron chi connectivity index (χ3n) is 5.50. The second kappa shape index (κ2) is 7.63. The van der Waals surface area contributed by atoms with Crippen LogP contribution in [0.5, 0.6) is 0 Å². The summed E-state index contributed by atoms with van der Waals surface area (Å²) in [6, 6.07) is 0.547. The third kappa shape index (κ3) is 3.80. The van der Waals surface area contributed by atoms with E-state index >= 15 is 0 Å². The van der Waals surface area contributed by atoms with E-state index in [0.29, 0.717) is 12.0 Å². The Hall–Kier alpha value is -0.560. The molecule has 0 radical (unpaired) electrons. The van der Waals surface area contributed by atoms with Gasteiger partial charge in [0.25, 0.3) is 0 Å². The van der Waals surface area contributed by atoms with E-state index in [9.17, 15) is 5.11 Å². The lowest BCUT2D eigenvalue weighted by Gasteiger charge is -2.50. The summed E-state index contributed by atoms with van der Waals surface area (Å²) in [4.78, 5) is 4.86. The van der Waals surface area contributed by atoms with E-state index in [1.54, 1.807) is 0 Å². The largest absolute Gasteiger partial charge is 0.377 e. The highest BCUT2D eigenvalue weighted by atomic mass is 16.3. The molecule has 0 spiro atoms. The highest BCUT2D eigenvalue weighted by Crippen LogP contribution is 2.41. The maximum absolute atomic E-state index is 11.1. The molecular weight excluding hydrogens is 260 g/mol. The van der Waals surface area contributed by atoms with Gasteiger partial charge in [-0.05, 0) is 32.5 Å². The molecule has 1 N–H and O–H groups in total. The molecule has 1 aliphatic heterocycles. The molecule has 1 heterocycles.